The second-order valence-corrected chi connectivity index (χ2v) is 11.4. The Kier molecular flexibility index (Phi) is 21.0. The summed E-state index contributed by atoms with van der Waals surface area (Å²) in [5, 5.41) is 10.9. The Morgan fingerprint density at radius 2 is 0.757 bits per heavy atom. The van der Waals surface area contributed by atoms with Gasteiger partial charge in [0.25, 0.3) is 0 Å². The van der Waals surface area contributed by atoms with E-state index in [2.05, 4.69) is 49.4 Å². The summed E-state index contributed by atoms with van der Waals surface area (Å²) in [5.41, 5.74) is 0. The van der Waals surface area contributed by atoms with Crippen LogP contribution in [0.5, 0.6) is 0 Å². The summed E-state index contributed by atoms with van der Waals surface area (Å²) in [4.78, 5) is 10.3. The van der Waals surface area contributed by atoms with E-state index >= 15 is 0 Å². The van der Waals surface area contributed by atoms with Crippen LogP contribution in [-0.4, -0.2) is 137 Å². The molecular weight excluding hydrogens is 458 g/mol. The normalized spacial score (nSPS) is 17.3. The van der Waals surface area contributed by atoms with Crippen LogP contribution >= 0.6 is 0 Å². The van der Waals surface area contributed by atoms with Crippen LogP contribution in [0.15, 0.2) is 0 Å². The van der Waals surface area contributed by atoms with Crippen LogP contribution < -0.4 is 16.0 Å². The molecule has 0 radical (unpaired) electrons. The third-order valence-corrected chi connectivity index (χ3v) is 7.59. The van der Waals surface area contributed by atoms with Gasteiger partial charge in [-0.25, -0.2) is 0 Å². The summed E-state index contributed by atoms with van der Waals surface area (Å²) in [7, 11) is 0. The minimum atomic E-state index is 1.17. The lowest BCUT2D eigenvalue weighted by atomic mass is 10.2. The van der Waals surface area contributed by atoms with Crippen molar-refractivity contribution in [2.45, 2.75) is 78.1 Å². The highest BCUT2D eigenvalue weighted by molar-refractivity contribution is 4.73. The molecule has 0 aromatic heterocycles. The maximum absolute atomic E-state index is 3.66. The standard InChI is InChI=1S/C26H55N7.C4H10/c1(9-27-11-6-18-31-21-22-31)3-15-30(17-5-13-29-14-8-20-33-25-26-33)16-4-2-10-28-12-7-19-32-23-24-32;1-3-4-2/h27-29H,1-26H2;3-4H2,1-2H3. The molecule has 0 saturated carbocycles. The first-order chi connectivity index (χ1) is 18.3. The lowest BCUT2D eigenvalue weighted by Crippen LogP contribution is -2.31. The lowest BCUT2D eigenvalue weighted by Gasteiger charge is -2.22. The van der Waals surface area contributed by atoms with Gasteiger partial charge in [-0.2, -0.15) is 0 Å². The molecule has 3 aliphatic heterocycles. The van der Waals surface area contributed by atoms with Crippen molar-refractivity contribution in [3.05, 3.63) is 0 Å². The van der Waals surface area contributed by atoms with Gasteiger partial charge in [0.2, 0.25) is 0 Å². The second-order valence-electron chi connectivity index (χ2n) is 11.4. The topological polar surface area (TPSA) is 48.4 Å². The molecule has 0 amide bonds. The predicted molar refractivity (Wildman–Crippen MR) is 162 cm³/mol. The van der Waals surface area contributed by atoms with Gasteiger partial charge in [-0.1, -0.05) is 26.7 Å². The van der Waals surface area contributed by atoms with Crippen molar-refractivity contribution in [2.75, 3.05) is 118 Å². The first kappa shape index (κ1) is 32.9. The van der Waals surface area contributed by atoms with E-state index in [1.165, 1.54) is 182 Å². The molecule has 3 heterocycles. The highest BCUT2D eigenvalue weighted by Gasteiger charge is 2.16. The molecule has 37 heavy (non-hydrogen) atoms. The fourth-order valence-electron chi connectivity index (χ4n) is 4.47. The average molecular weight is 524 g/mol. The van der Waals surface area contributed by atoms with Gasteiger partial charge >= 0.3 is 0 Å². The lowest BCUT2D eigenvalue weighted by molar-refractivity contribution is 0.257. The first-order valence-corrected chi connectivity index (χ1v) is 16.3. The Balaban J connectivity index is 0.00000112. The fraction of sp³-hybridized carbons (Fsp3) is 1.00. The van der Waals surface area contributed by atoms with E-state index in [0.717, 1.165) is 0 Å². The summed E-state index contributed by atoms with van der Waals surface area (Å²) in [6, 6.07) is 0. The maximum Gasteiger partial charge on any atom is 0.0110 e. The highest BCUT2D eigenvalue weighted by atomic mass is 15.3. The van der Waals surface area contributed by atoms with Crippen molar-refractivity contribution in [1.29, 1.82) is 0 Å². The second kappa shape index (κ2) is 23.6. The Bertz CT molecular complexity index is 451. The summed E-state index contributed by atoms with van der Waals surface area (Å²) < 4.78 is 0. The minimum absolute atomic E-state index is 1.17. The number of rotatable bonds is 27. The van der Waals surface area contributed by atoms with E-state index in [4.69, 9.17) is 0 Å². The SMILES string of the molecule is C(CCN(CCCCNCCCN1CC1)CCCNCCCN1CC1)CNCCCN1CC1.CCCC. The van der Waals surface area contributed by atoms with Crippen LogP contribution in [-0.2, 0) is 0 Å². The van der Waals surface area contributed by atoms with Gasteiger partial charge < -0.3 is 35.6 Å². The number of hydrogen-bond donors (Lipinski definition) is 3. The van der Waals surface area contributed by atoms with E-state index in [-0.39, 0.29) is 0 Å². The molecule has 3 N–H and O–H groups in total. The zero-order valence-corrected chi connectivity index (χ0v) is 25.1. The summed E-state index contributed by atoms with van der Waals surface area (Å²) in [6.45, 7) is 27.1. The minimum Gasteiger partial charge on any atom is -0.317 e. The largest absolute Gasteiger partial charge is 0.317 e. The molecule has 3 rings (SSSR count). The molecule has 3 aliphatic rings. The van der Waals surface area contributed by atoms with Crippen LogP contribution in [0.25, 0.3) is 0 Å². The predicted octanol–water partition coefficient (Wildman–Crippen LogP) is 2.93. The molecule has 7 heteroatoms. The van der Waals surface area contributed by atoms with Crippen LogP contribution in [0.2, 0.25) is 0 Å². The van der Waals surface area contributed by atoms with Crippen molar-refractivity contribution in [3.63, 3.8) is 0 Å². The van der Waals surface area contributed by atoms with E-state index in [0.29, 0.717) is 0 Å². The molecule has 0 aliphatic carbocycles. The van der Waals surface area contributed by atoms with E-state index in [1.807, 2.05) is 0 Å². The summed E-state index contributed by atoms with van der Waals surface area (Å²) >= 11 is 0. The van der Waals surface area contributed by atoms with Crippen molar-refractivity contribution < 1.29 is 0 Å². The Morgan fingerprint density at radius 3 is 1.11 bits per heavy atom. The summed E-state index contributed by atoms with van der Waals surface area (Å²) in [6.07, 6.45) is 13.1. The smallest absolute Gasteiger partial charge is 0.0110 e. The molecule has 0 aromatic rings. The van der Waals surface area contributed by atoms with Gasteiger partial charge in [0.15, 0.2) is 0 Å². The van der Waals surface area contributed by atoms with Crippen LogP contribution in [0.4, 0.5) is 0 Å². The van der Waals surface area contributed by atoms with Gasteiger partial charge in [-0.05, 0) is 130 Å². The quantitative estimate of drug-likeness (QED) is 0.113. The number of unbranched alkanes of at least 4 members (excludes halogenated alkanes) is 3. The Hall–Kier alpha value is -0.280. The molecule has 0 aromatic carbocycles. The first-order valence-electron chi connectivity index (χ1n) is 16.3. The molecule has 7 nitrogen and oxygen atoms in total. The third-order valence-electron chi connectivity index (χ3n) is 7.59. The highest BCUT2D eigenvalue weighted by Crippen LogP contribution is 2.05. The van der Waals surface area contributed by atoms with E-state index in [9.17, 15) is 0 Å². The zero-order chi connectivity index (χ0) is 26.2. The van der Waals surface area contributed by atoms with E-state index in [1.54, 1.807) is 0 Å². The van der Waals surface area contributed by atoms with Crippen LogP contribution in [0.1, 0.15) is 78.1 Å². The van der Waals surface area contributed by atoms with Gasteiger partial charge in [-0.15, -0.1) is 0 Å². The fourth-order valence-corrected chi connectivity index (χ4v) is 4.47. The van der Waals surface area contributed by atoms with E-state index < -0.39 is 0 Å². The van der Waals surface area contributed by atoms with Crippen molar-refractivity contribution in [1.82, 2.24) is 35.6 Å². The molecular formula is C30H65N7. The maximum atomic E-state index is 3.66. The monoisotopic (exact) mass is 524 g/mol. The Morgan fingerprint density at radius 1 is 0.432 bits per heavy atom. The van der Waals surface area contributed by atoms with Gasteiger partial charge in [0.05, 0.1) is 0 Å². The molecule has 0 bridgehead atoms. The van der Waals surface area contributed by atoms with Crippen LogP contribution in [0.3, 0.4) is 0 Å². The molecule has 3 fully saturated rings. The molecule has 0 unspecified atom stereocenters. The number of nitrogens with zero attached hydrogens (tertiary/aromatic N) is 4. The van der Waals surface area contributed by atoms with Gasteiger partial charge in [-0.3, -0.25) is 0 Å². The van der Waals surface area contributed by atoms with Crippen LogP contribution in [0, 0.1) is 0 Å². The number of hydrogen-bond acceptors (Lipinski definition) is 7. The summed E-state index contributed by atoms with van der Waals surface area (Å²) in [5.74, 6) is 0. The molecule has 220 valence electrons. The van der Waals surface area contributed by atoms with Crippen molar-refractivity contribution >= 4 is 0 Å². The molecule has 0 atom stereocenters. The Labute approximate surface area is 231 Å². The molecule has 3 saturated heterocycles. The average Bonchev–Trinajstić information content (AvgIpc) is 3.76. The number of nitrogens with one attached hydrogen (secondary N) is 3. The van der Waals surface area contributed by atoms with Crippen molar-refractivity contribution in [3.8, 4) is 0 Å². The third kappa shape index (κ3) is 23.3. The van der Waals surface area contributed by atoms with Crippen molar-refractivity contribution in [2.24, 2.45) is 0 Å². The van der Waals surface area contributed by atoms with Gasteiger partial charge in [0, 0.05) is 39.3 Å². The zero-order valence-electron chi connectivity index (χ0n) is 25.1. The van der Waals surface area contributed by atoms with Gasteiger partial charge in [0.1, 0.15) is 0 Å². The molecule has 0 spiro atoms.